The van der Waals surface area contributed by atoms with Crippen molar-refractivity contribution in [1.82, 2.24) is 4.90 Å². The highest BCUT2D eigenvalue weighted by Gasteiger charge is 2.29. The van der Waals surface area contributed by atoms with Crippen LogP contribution in [-0.4, -0.2) is 17.8 Å². The fourth-order valence-corrected chi connectivity index (χ4v) is 1.56. The number of aliphatic imine (C=N–C) groups is 1. The molecule has 90 valence electrons. The first kappa shape index (κ1) is 11.7. The van der Waals surface area contributed by atoms with Gasteiger partial charge in [-0.15, -0.1) is 0 Å². The Morgan fingerprint density at radius 3 is 2.41 bits per heavy atom. The lowest BCUT2D eigenvalue weighted by Crippen LogP contribution is -2.19. The molecule has 0 atom stereocenters. The van der Waals surface area contributed by atoms with Gasteiger partial charge in [0.2, 0.25) is 0 Å². The van der Waals surface area contributed by atoms with E-state index in [9.17, 15) is 13.2 Å². The summed E-state index contributed by atoms with van der Waals surface area (Å²) in [5.41, 5.74) is 0.216. The molecule has 2 rings (SSSR count). The van der Waals surface area contributed by atoms with Gasteiger partial charge in [-0.1, -0.05) is 12.1 Å². The molecule has 0 spiro atoms. The second kappa shape index (κ2) is 4.61. The Morgan fingerprint density at radius 2 is 1.88 bits per heavy atom. The maximum Gasteiger partial charge on any atom is 0.416 e. The molecule has 0 saturated carbocycles. The van der Waals surface area contributed by atoms with E-state index in [1.54, 1.807) is 12.3 Å². The molecule has 1 aromatic rings. The molecule has 1 aliphatic heterocycles. The average Bonchev–Trinajstić information content (AvgIpc) is 2.30. The Hall–Kier alpha value is -1.78. The van der Waals surface area contributed by atoms with Crippen LogP contribution in [0.15, 0.2) is 41.5 Å². The zero-order valence-corrected chi connectivity index (χ0v) is 8.98. The van der Waals surface area contributed by atoms with Gasteiger partial charge in [0.15, 0.2) is 0 Å². The molecule has 0 radical (unpaired) electrons. The summed E-state index contributed by atoms with van der Waals surface area (Å²) in [6, 6.07) is 5.20. The smallest absolute Gasteiger partial charge is 0.354 e. The largest absolute Gasteiger partial charge is 0.416 e. The van der Waals surface area contributed by atoms with Crippen LogP contribution in [0, 0.1) is 0 Å². The third-order valence-electron chi connectivity index (χ3n) is 2.42. The van der Waals surface area contributed by atoms with Crippen LogP contribution in [0.4, 0.5) is 13.2 Å². The second-order valence-electron chi connectivity index (χ2n) is 3.76. The summed E-state index contributed by atoms with van der Waals surface area (Å²) in [6.07, 6.45) is 1.09. The standard InChI is InChI=1S/C12H11F3N2/c13-12(14,15)11-4-2-10(3-5-11)8-17-7-1-6-16-9-17/h1-7H,8-9H2. The van der Waals surface area contributed by atoms with Gasteiger partial charge in [-0.25, -0.2) is 0 Å². The molecule has 0 unspecified atom stereocenters. The third-order valence-corrected chi connectivity index (χ3v) is 2.42. The number of benzene rings is 1. The van der Waals surface area contributed by atoms with Crippen molar-refractivity contribution in [2.24, 2.45) is 4.99 Å². The van der Waals surface area contributed by atoms with Crippen LogP contribution in [0.2, 0.25) is 0 Å². The van der Waals surface area contributed by atoms with E-state index in [1.165, 1.54) is 12.1 Å². The number of rotatable bonds is 2. The fourth-order valence-electron chi connectivity index (χ4n) is 1.56. The van der Waals surface area contributed by atoms with Gasteiger partial charge in [0.1, 0.15) is 6.67 Å². The van der Waals surface area contributed by atoms with Crippen molar-refractivity contribution in [3.8, 4) is 0 Å². The lowest BCUT2D eigenvalue weighted by atomic mass is 10.1. The summed E-state index contributed by atoms with van der Waals surface area (Å²) in [5.74, 6) is 0. The molecule has 0 aromatic heterocycles. The Kier molecular flexibility index (Phi) is 3.17. The van der Waals surface area contributed by atoms with E-state index >= 15 is 0 Å². The zero-order valence-electron chi connectivity index (χ0n) is 8.98. The van der Waals surface area contributed by atoms with E-state index in [1.807, 2.05) is 11.1 Å². The highest BCUT2D eigenvalue weighted by Crippen LogP contribution is 2.29. The van der Waals surface area contributed by atoms with Crippen LogP contribution in [0.3, 0.4) is 0 Å². The Labute approximate surface area is 97.1 Å². The number of hydrogen-bond donors (Lipinski definition) is 0. The molecule has 1 heterocycles. The van der Waals surface area contributed by atoms with Crippen LogP contribution >= 0.6 is 0 Å². The van der Waals surface area contributed by atoms with Crippen LogP contribution in [0.1, 0.15) is 11.1 Å². The van der Waals surface area contributed by atoms with E-state index in [2.05, 4.69) is 4.99 Å². The molecule has 1 aliphatic rings. The van der Waals surface area contributed by atoms with Crippen molar-refractivity contribution in [2.75, 3.05) is 6.67 Å². The quantitative estimate of drug-likeness (QED) is 0.775. The molecular weight excluding hydrogens is 229 g/mol. The third kappa shape index (κ3) is 3.09. The Bertz CT molecular complexity index is 432. The molecular formula is C12H11F3N2. The van der Waals surface area contributed by atoms with Crippen LogP contribution in [0.5, 0.6) is 0 Å². The average molecular weight is 240 g/mol. The molecule has 17 heavy (non-hydrogen) atoms. The molecule has 0 saturated heterocycles. The monoisotopic (exact) mass is 240 g/mol. The molecule has 5 heteroatoms. The first-order chi connectivity index (χ1) is 8.05. The number of alkyl halides is 3. The highest BCUT2D eigenvalue weighted by atomic mass is 19.4. The SMILES string of the molecule is FC(F)(F)c1ccc(CN2C=CC=NC2)cc1. The van der Waals surface area contributed by atoms with Gasteiger partial charge in [-0.2, -0.15) is 13.2 Å². The molecule has 0 amide bonds. The van der Waals surface area contributed by atoms with Gasteiger partial charge in [0, 0.05) is 19.0 Å². The first-order valence-electron chi connectivity index (χ1n) is 5.12. The van der Waals surface area contributed by atoms with Crippen LogP contribution in [-0.2, 0) is 12.7 Å². The van der Waals surface area contributed by atoms with Crippen molar-refractivity contribution in [3.05, 3.63) is 47.7 Å². The predicted octanol–water partition coefficient (Wildman–Crippen LogP) is 3.06. The molecule has 2 nitrogen and oxygen atoms in total. The van der Waals surface area contributed by atoms with Crippen LogP contribution in [0.25, 0.3) is 0 Å². The predicted molar refractivity (Wildman–Crippen MR) is 59.5 cm³/mol. The summed E-state index contributed by atoms with van der Waals surface area (Å²) in [6.45, 7) is 1.10. The topological polar surface area (TPSA) is 15.6 Å². The minimum absolute atomic E-state index is 0.539. The zero-order chi connectivity index (χ0) is 12.3. The normalized spacial score (nSPS) is 15.4. The minimum Gasteiger partial charge on any atom is -0.354 e. The van der Waals surface area contributed by atoms with E-state index < -0.39 is 11.7 Å². The van der Waals surface area contributed by atoms with Crippen molar-refractivity contribution in [2.45, 2.75) is 12.7 Å². The maximum absolute atomic E-state index is 12.3. The van der Waals surface area contributed by atoms with Crippen molar-refractivity contribution in [1.29, 1.82) is 0 Å². The van der Waals surface area contributed by atoms with E-state index in [0.717, 1.165) is 17.7 Å². The van der Waals surface area contributed by atoms with Gasteiger partial charge in [0.05, 0.1) is 5.56 Å². The van der Waals surface area contributed by atoms with Gasteiger partial charge in [0.25, 0.3) is 0 Å². The van der Waals surface area contributed by atoms with E-state index in [-0.39, 0.29) is 0 Å². The Balaban J connectivity index is 2.03. The number of nitrogens with zero attached hydrogens (tertiary/aromatic N) is 2. The number of halogens is 3. The molecule has 0 N–H and O–H groups in total. The fraction of sp³-hybridized carbons (Fsp3) is 0.250. The van der Waals surface area contributed by atoms with Crippen molar-refractivity contribution >= 4 is 6.21 Å². The van der Waals surface area contributed by atoms with Crippen molar-refractivity contribution < 1.29 is 13.2 Å². The van der Waals surface area contributed by atoms with Crippen LogP contribution < -0.4 is 0 Å². The summed E-state index contributed by atoms with van der Waals surface area (Å²) < 4.78 is 37.0. The molecule has 0 fully saturated rings. The lowest BCUT2D eigenvalue weighted by molar-refractivity contribution is -0.137. The van der Waals surface area contributed by atoms with Gasteiger partial charge in [-0.05, 0) is 23.8 Å². The van der Waals surface area contributed by atoms with Gasteiger partial charge < -0.3 is 4.90 Å². The van der Waals surface area contributed by atoms with Gasteiger partial charge >= 0.3 is 6.18 Å². The van der Waals surface area contributed by atoms with E-state index in [0.29, 0.717) is 13.2 Å². The summed E-state index contributed by atoms with van der Waals surface area (Å²) in [7, 11) is 0. The van der Waals surface area contributed by atoms with Gasteiger partial charge in [-0.3, -0.25) is 4.99 Å². The first-order valence-corrected chi connectivity index (χ1v) is 5.12. The molecule has 1 aromatic carbocycles. The summed E-state index contributed by atoms with van der Waals surface area (Å²) in [4.78, 5) is 5.96. The lowest BCUT2D eigenvalue weighted by Gasteiger charge is -2.20. The second-order valence-corrected chi connectivity index (χ2v) is 3.76. The molecule has 0 bridgehead atoms. The maximum atomic E-state index is 12.3. The minimum atomic E-state index is -4.27. The highest BCUT2D eigenvalue weighted by molar-refractivity contribution is 5.71. The number of allylic oxidation sites excluding steroid dienone is 1. The summed E-state index contributed by atoms with van der Waals surface area (Å²) in [5, 5.41) is 0. The molecule has 0 aliphatic carbocycles. The summed E-state index contributed by atoms with van der Waals surface area (Å²) >= 11 is 0. The Morgan fingerprint density at radius 1 is 1.18 bits per heavy atom. The number of hydrogen-bond acceptors (Lipinski definition) is 2. The van der Waals surface area contributed by atoms with Crippen molar-refractivity contribution in [3.63, 3.8) is 0 Å². The van der Waals surface area contributed by atoms with E-state index in [4.69, 9.17) is 0 Å².